The lowest BCUT2D eigenvalue weighted by Gasteiger charge is -2.17. The summed E-state index contributed by atoms with van der Waals surface area (Å²) in [6, 6.07) is 6.36. The van der Waals surface area contributed by atoms with Crippen LogP contribution in [-0.2, 0) is 9.47 Å². The van der Waals surface area contributed by atoms with E-state index in [-0.39, 0.29) is 11.8 Å². The van der Waals surface area contributed by atoms with Gasteiger partial charge in [0.2, 0.25) is 0 Å². The first-order valence-electron chi connectivity index (χ1n) is 5.04. The van der Waals surface area contributed by atoms with E-state index in [2.05, 4.69) is 0 Å². The number of rotatable bonds is 2. The molecule has 1 saturated heterocycles. The van der Waals surface area contributed by atoms with Crippen LogP contribution in [0.3, 0.4) is 0 Å². The van der Waals surface area contributed by atoms with Crippen LogP contribution < -0.4 is 0 Å². The second-order valence-electron chi connectivity index (χ2n) is 4.17. The molecule has 0 N–H and O–H groups in total. The molecule has 0 saturated carbocycles. The third-order valence-electron chi connectivity index (χ3n) is 2.48. The molecule has 1 aliphatic heterocycles. The molecule has 0 spiro atoms. The first kappa shape index (κ1) is 11.0. The molecule has 1 heterocycles. The highest BCUT2D eigenvalue weighted by molar-refractivity contribution is 5.34. The number of ether oxygens (including phenoxy) is 2. The van der Waals surface area contributed by atoms with Crippen LogP contribution >= 0.6 is 0 Å². The lowest BCUT2D eigenvalue weighted by atomic mass is 10.1. The van der Waals surface area contributed by atoms with Crippen LogP contribution in [0.2, 0.25) is 0 Å². The number of nitro groups is 1. The predicted octanol–water partition coefficient (Wildman–Crippen LogP) is 2.42. The van der Waals surface area contributed by atoms with Gasteiger partial charge >= 0.3 is 0 Å². The molecule has 1 atom stereocenters. The lowest BCUT2D eigenvalue weighted by Crippen LogP contribution is -2.19. The molecule has 1 aromatic carbocycles. The summed E-state index contributed by atoms with van der Waals surface area (Å²) in [7, 11) is 0. The van der Waals surface area contributed by atoms with Crippen molar-refractivity contribution in [1.82, 2.24) is 0 Å². The molecule has 0 aliphatic carbocycles. The molecule has 0 aromatic heterocycles. The van der Waals surface area contributed by atoms with Gasteiger partial charge in [0, 0.05) is 12.1 Å². The maximum absolute atomic E-state index is 10.5. The molecule has 16 heavy (non-hydrogen) atoms. The minimum Gasteiger partial charge on any atom is -0.347 e. The smallest absolute Gasteiger partial charge is 0.269 e. The molecule has 2 rings (SSSR count). The number of benzene rings is 1. The zero-order chi connectivity index (χ0) is 11.8. The number of nitrogens with zero attached hydrogens (tertiary/aromatic N) is 1. The maximum Gasteiger partial charge on any atom is 0.269 e. The third kappa shape index (κ3) is 2.20. The highest BCUT2D eigenvalue weighted by Crippen LogP contribution is 2.33. The Balaban J connectivity index is 2.14. The summed E-state index contributed by atoms with van der Waals surface area (Å²) in [5.74, 6) is -0.577. The van der Waals surface area contributed by atoms with Crippen LogP contribution in [0.25, 0.3) is 0 Å². The van der Waals surface area contributed by atoms with E-state index in [1.165, 1.54) is 12.1 Å². The third-order valence-corrected chi connectivity index (χ3v) is 2.48. The zero-order valence-electron chi connectivity index (χ0n) is 9.17. The molecule has 0 bridgehead atoms. The highest BCUT2D eigenvalue weighted by Gasteiger charge is 2.33. The lowest BCUT2D eigenvalue weighted by molar-refractivity contribution is -0.384. The van der Waals surface area contributed by atoms with Gasteiger partial charge in [-0.05, 0) is 31.5 Å². The van der Waals surface area contributed by atoms with Crippen LogP contribution in [0.5, 0.6) is 0 Å². The second kappa shape index (κ2) is 3.84. The van der Waals surface area contributed by atoms with Crippen molar-refractivity contribution in [3.63, 3.8) is 0 Å². The van der Waals surface area contributed by atoms with Gasteiger partial charge in [-0.25, -0.2) is 0 Å². The molecule has 0 amide bonds. The minimum atomic E-state index is -0.577. The van der Waals surface area contributed by atoms with Gasteiger partial charge in [-0.1, -0.05) is 0 Å². The van der Waals surface area contributed by atoms with Crippen molar-refractivity contribution in [2.75, 3.05) is 6.61 Å². The summed E-state index contributed by atoms with van der Waals surface area (Å²) >= 11 is 0. The molecule has 0 unspecified atom stereocenters. The zero-order valence-corrected chi connectivity index (χ0v) is 9.17. The van der Waals surface area contributed by atoms with E-state index >= 15 is 0 Å². The summed E-state index contributed by atoms with van der Waals surface area (Å²) in [6.07, 6.45) is -0.143. The van der Waals surface area contributed by atoms with Gasteiger partial charge in [0.1, 0.15) is 6.10 Å². The fraction of sp³-hybridized carbons (Fsp3) is 0.455. The van der Waals surface area contributed by atoms with Gasteiger partial charge in [-0.15, -0.1) is 0 Å². The molecule has 5 heteroatoms. The summed E-state index contributed by atoms with van der Waals surface area (Å²) in [4.78, 5) is 10.1. The van der Waals surface area contributed by atoms with Crippen molar-refractivity contribution in [2.45, 2.75) is 25.7 Å². The average Bonchev–Trinajstić information content (AvgIpc) is 2.59. The SMILES string of the molecule is CC1(C)OC[C@@H](c2ccc([N+](=O)[O-])cc2)O1. The van der Waals surface area contributed by atoms with Crippen molar-refractivity contribution in [2.24, 2.45) is 0 Å². The molecule has 1 fully saturated rings. The number of hydrogen-bond donors (Lipinski definition) is 0. The van der Waals surface area contributed by atoms with Crippen molar-refractivity contribution in [3.8, 4) is 0 Å². The second-order valence-corrected chi connectivity index (χ2v) is 4.17. The summed E-state index contributed by atoms with van der Waals surface area (Å²) in [6.45, 7) is 4.17. The van der Waals surface area contributed by atoms with Crippen LogP contribution in [0.4, 0.5) is 5.69 Å². The maximum atomic E-state index is 10.5. The van der Waals surface area contributed by atoms with E-state index in [1.54, 1.807) is 12.1 Å². The predicted molar refractivity (Wildman–Crippen MR) is 57.0 cm³/mol. The normalized spacial score (nSPS) is 23.2. The molecule has 1 aromatic rings. The molecular weight excluding hydrogens is 210 g/mol. The standard InChI is InChI=1S/C11H13NO4/c1-11(2)15-7-10(16-11)8-3-5-9(6-4-8)12(13)14/h3-6,10H,7H2,1-2H3/t10-/m0/s1. The molecule has 0 radical (unpaired) electrons. The molecule has 5 nitrogen and oxygen atoms in total. The fourth-order valence-corrected chi connectivity index (χ4v) is 1.66. The van der Waals surface area contributed by atoms with Crippen LogP contribution in [0, 0.1) is 10.1 Å². The molecule has 1 aliphatic rings. The van der Waals surface area contributed by atoms with E-state index < -0.39 is 10.7 Å². The van der Waals surface area contributed by atoms with Gasteiger partial charge in [-0.2, -0.15) is 0 Å². The number of nitro benzene ring substituents is 1. The highest BCUT2D eigenvalue weighted by atomic mass is 16.7. The number of non-ortho nitro benzene ring substituents is 1. The van der Waals surface area contributed by atoms with Gasteiger partial charge in [-0.3, -0.25) is 10.1 Å². The molecular formula is C11H13NO4. The average molecular weight is 223 g/mol. The van der Waals surface area contributed by atoms with E-state index in [4.69, 9.17) is 9.47 Å². The van der Waals surface area contributed by atoms with Crippen molar-refractivity contribution >= 4 is 5.69 Å². The Labute approximate surface area is 93.1 Å². The largest absolute Gasteiger partial charge is 0.347 e. The quantitative estimate of drug-likeness (QED) is 0.570. The monoisotopic (exact) mass is 223 g/mol. The Morgan fingerprint density at radius 2 is 2.00 bits per heavy atom. The Hall–Kier alpha value is -1.46. The van der Waals surface area contributed by atoms with E-state index in [1.807, 2.05) is 13.8 Å². The first-order chi connectivity index (χ1) is 7.48. The fourth-order valence-electron chi connectivity index (χ4n) is 1.66. The summed E-state index contributed by atoms with van der Waals surface area (Å²) in [5, 5.41) is 10.5. The summed E-state index contributed by atoms with van der Waals surface area (Å²) < 4.78 is 11.1. The van der Waals surface area contributed by atoms with Gasteiger partial charge in [0.25, 0.3) is 5.69 Å². The van der Waals surface area contributed by atoms with Gasteiger partial charge in [0.05, 0.1) is 11.5 Å². The van der Waals surface area contributed by atoms with E-state index in [0.29, 0.717) is 6.61 Å². The minimum absolute atomic E-state index is 0.0851. The van der Waals surface area contributed by atoms with Crippen LogP contribution in [0.15, 0.2) is 24.3 Å². The van der Waals surface area contributed by atoms with Crippen molar-refractivity contribution in [3.05, 3.63) is 39.9 Å². The Bertz CT molecular complexity index is 399. The number of hydrogen-bond acceptors (Lipinski definition) is 4. The summed E-state index contributed by atoms with van der Waals surface area (Å²) in [5.41, 5.74) is 0.984. The van der Waals surface area contributed by atoms with Crippen LogP contribution in [-0.4, -0.2) is 17.3 Å². The van der Waals surface area contributed by atoms with Crippen molar-refractivity contribution < 1.29 is 14.4 Å². The van der Waals surface area contributed by atoms with Gasteiger partial charge < -0.3 is 9.47 Å². The van der Waals surface area contributed by atoms with Crippen molar-refractivity contribution in [1.29, 1.82) is 0 Å². The Kier molecular flexibility index (Phi) is 2.65. The molecule has 86 valence electrons. The van der Waals surface area contributed by atoms with Gasteiger partial charge in [0.15, 0.2) is 5.79 Å². The van der Waals surface area contributed by atoms with E-state index in [0.717, 1.165) is 5.56 Å². The first-order valence-corrected chi connectivity index (χ1v) is 5.04. The Morgan fingerprint density at radius 3 is 2.44 bits per heavy atom. The Morgan fingerprint density at radius 1 is 1.38 bits per heavy atom. The van der Waals surface area contributed by atoms with E-state index in [9.17, 15) is 10.1 Å². The van der Waals surface area contributed by atoms with Crippen LogP contribution in [0.1, 0.15) is 25.5 Å². The topological polar surface area (TPSA) is 61.6 Å².